The first-order valence-electron chi connectivity index (χ1n) is 11.3. The van der Waals surface area contributed by atoms with Gasteiger partial charge in [-0.05, 0) is 55.0 Å². The van der Waals surface area contributed by atoms with Crippen molar-refractivity contribution in [2.45, 2.75) is 37.0 Å². The van der Waals surface area contributed by atoms with Crippen LogP contribution >= 0.6 is 0 Å². The molecule has 34 heavy (non-hydrogen) atoms. The fourth-order valence-corrected chi connectivity index (χ4v) is 5.46. The summed E-state index contributed by atoms with van der Waals surface area (Å²) in [5.74, 6) is 1.06. The number of fused-ring (bicyclic) bond motifs is 1. The summed E-state index contributed by atoms with van der Waals surface area (Å²) in [6.45, 7) is 5.52. The lowest BCUT2D eigenvalue weighted by Gasteiger charge is -2.32. The molecule has 2 aromatic rings. The van der Waals surface area contributed by atoms with E-state index < -0.39 is 10.0 Å². The van der Waals surface area contributed by atoms with Crippen molar-refractivity contribution < 1.29 is 17.9 Å². The first-order chi connectivity index (χ1) is 16.4. The van der Waals surface area contributed by atoms with Crippen LogP contribution in [0.1, 0.15) is 31.2 Å². The van der Waals surface area contributed by atoms with Gasteiger partial charge in [0.25, 0.3) is 0 Å². The molecule has 0 radical (unpaired) electrons. The van der Waals surface area contributed by atoms with Crippen molar-refractivity contribution in [3.8, 4) is 0 Å². The number of nitrogens with zero attached hydrogens (tertiary/aromatic N) is 3. The normalized spacial score (nSPS) is 18.2. The molecule has 1 aliphatic carbocycles. The summed E-state index contributed by atoms with van der Waals surface area (Å²) in [6, 6.07) is 5.78. The van der Waals surface area contributed by atoms with Crippen LogP contribution in [0.5, 0.6) is 0 Å². The van der Waals surface area contributed by atoms with Gasteiger partial charge in [-0.15, -0.1) is 0 Å². The monoisotopic (exact) mass is 485 g/mol. The van der Waals surface area contributed by atoms with Crippen molar-refractivity contribution >= 4 is 32.3 Å². The van der Waals surface area contributed by atoms with Crippen LogP contribution in [0.25, 0.3) is 16.5 Å². The summed E-state index contributed by atoms with van der Waals surface area (Å²) in [5, 5.41) is 0.516. The Morgan fingerprint density at radius 1 is 1.21 bits per heavy atom. The van der Waals surface area contributed by atoms with E-state index in [0.717, 1.165) is 48.2 Å². The van der Waals surface area contributed by atoms with Crippen molar-refractivity contribution in [2.75, 3.05) is 32.2 Å². The van der Waals surface area contributed by atoms with Crippen molar-refractivity contribution in [3.63, 3.8) is 0 Å². The average Bonchev–Trinajstić information content (AvgIpc) is 3.72. The maximum absolute atomic E-state index is 12.5. The maximum atomic E-state index is 12.5. The van der Waals surface area contributed by atoms with Crippen LogP contribution in [0.2, 0.25) is 0 Å². The number of rotatable bonds is 9. The number of sulfonamides is 1. The predicted octanol–water partition coefficient (Wildman–Crippen LogP) is 2.67. The summed E-state index contributed by atoms with van der Waals surface area (Å²) in [6.07, 6.45) is 8.08. The van der Waals surface area contributed by atoms with Gasteiger partial charge in [0, 0.05) is 31.8 Å². The van der Waals surface area contributed by atoms with Gasteiger partial charge < -0.3 is 20.1 Å². The first kappa shape index (κ1) is 24.0. The molecule has 1 aromatic heterocycles. The van der Waals surface area contributed by atoms with Gasteiger partial charge >= 0.3 is 0 Å². The van der Waals surface area contributed by atoms with Crippen LogP contribution in [0.15, 0.2) is 54.8 Å². The highest BCUT2D eigenvalue weighted by Gasteiger charge is 2.36. The second-order valence-electron chi connectivity index (χ2n) is 8.51. The molecule has 1 saturated carbocycles. The van der Waals surface area contributed by atoms with Crippen LogP contribution in [0.4, 0.5) is 5.82 Å². The van der Waals surface area contributed by atoms with Gasteiger partial charge in [0.2, 0.25) is 10.0 Å². The Bertz CT molecular complexity index is 1230. The number of hydrogen-bond donors (Lipinski definition) is 2. The second kappa shape index (κ2) is 10.0. The van der Waals surface area contributed by atoms with Crippen molar-refractivity contribution in [2.24, 2.45) is 5.73 Å². The minimum Gasteiger partial charge on any atom is -0.495 e. The van der Waals surface area contributed by atoms with E-state index >= 15 is 0 Å². The van der Waals surface area contributed by atoms with Gasteiger partial charge in [0.1, 0.15) is 17.9 Å². The van der Waals surface area contributed by atoms with Crippen molar-refractivity contribution in [1.29, 1.82) is 0 Å². The molecular weight excluding hydrogens is 454 g/mol. The number of nitrogens with two attached hydrogens (primary N) is 1. The molecule has 1 saturated heterocycles. The van der Waals surface area contributed by atoms with E-state index in [9.17, 15) is 8.42 Å². The number of ether oxygens (including phenoxy) is 2. The summed E-state index contributed by atoms with van der Waals surface area (Å²) in [7, 11) is -0.312. The molecule has 9 nitrogen and oxygen atoms in total. The lowest BCUT2D eigenvalue weighted by Crippen LogP contribution is -2.37. The van der Waals surface area contributed by atoms with Gasteiger partial charge in [-0.25, -0.2) is 18.4 Å². The Labute approximate surface area is 200 Å². The number of nitrogens with one attached hydrogen (secondary N) is 1. The van der Waals surface area contributed by atoms with Gasteiger partial charge in [-0.3, -0.25) is 4.72 Å². The molecule has 2 aliphatic rings. The Morgan fingerprint density at radius 2 is 1.94 bits per heavy atom. The minimum absolute atomic E-state index is 0.203. The number of methoxy groups -OCH3 is 2. The molecule has 2 heterocycles. The molecule has 0 amide bonds. The zero-order chi connectivity index (χ0) is 24.3. The lowest BCUT2D eigenvalue weighted by molar-refractivity contribution is 0.0818. The minimum atomic E-state index is -3.50. The van der Waals surface area contributed by atoms with E-state index in [4.69, 9.17) is 15.2 Å². The summed E-state index contributed by atoms with van der Waals surface area (Å²) < 4.78 is 38.4. The van der Waals surface area contributed by atoms with E-state index in [-0.39, 0.29) is 22.8 Å². The first-order valence-corrected chi connectivity index (χ1v) is 12.8. The third-order valence-electron chi connectivity index (χ3n) is 6.26. The third kappa shape index (κ3) is 5.18. The van der Waals surface area contributed by atoms with E-state index in [0.29, 0.717) is 18.4 Å². The second-order valence-corrected chi connectivity index (χ2v) is 10.5. The fourth-order valence-electron chi connectivity index (χ4n) is 4.05. The van der Waals surface area contributed by atoms with Crippen molar-refractivity contribution in [1.82, 2.24) is 14.7 Å². The number of aromatic nitrogens is 2. The highest BCUT2D eigenvalue weighted by atomic mass is 32.2. The topological polar surface area (TPSA) is 120 Å². The third-order valence-corrected chi connectivity index (χ3v) is 8.12. The number of allylic oxidation sites excluding steroid dienone is 2. The van der Waals surface area contributed by atoms with Gasteiger partial charge in [0.05, 0.1) is 29.7 Å². The molecule has 3 N–H and O–H groups in total. The SMILES string of the molecule is C=C(OC)/C(=C\C(=C/N)c1ccc2ncnc(N3CCC(OC)CC3)c2c1)NS(=O)(=O)C1CC1. The number of benzene rings is 1. The van der Waals surface area contributed by atoms with Crippen LogP contribution in [-0.2, 0) is 19.5 Å². The van der Waals surface area contributed by atoms with Crippen LogP contribution in [0, 0.1) is 0 Å². The molecule has 1 aromatic carbocycles. The molecule has 2 fully saturated rings. The summed E-state index contributed by atoms with van der Waals surface area (Å²) >= 11 is 0. The van der Waals surface area contributed by atoms with Gasteiger partial charge in [0.15, 0.2) is 0 Å². The van der Waals surface area contributed by atoms with Crippen LogP contribution in [-0.4, -0.2) is 57.0 Å². The standard InChI is InChI=1S/C24H31N5O4S/c1-16(32-2)23(28-34(30,31)20-5-6-20)13-18(14-25)17-4-7-22-21(12-17)24(27-15-26-22)29-10-8-19(33-3)9-11-29/h4,7,12-15,19-20,28H,1,5-6,8-11,25H2,2-3H3/b18-14+,23-13+. The largest absolute Gasteiger partial charge is 0.495 e. The molecule has 1 aliphatic heterocycles. The quantitative estimate of drug-likeness (QED) is 0.411. The Hall–Kier alpha value is -3.11. The maximum Gasteiger partial charge on any atom is 0.235 e. The van der Waals surface area contributed by atoms with Crippen LogP contribution in [0.3, 0.4) is 0 Å². The van der Waals surface area contributed by atoms with Gasteiger partial charge in [-0.1, -0.05) is 12.6 Å². The number of hydrogen-bond acceptors (Lipinski definition) is 8. The Kier molecular flexibility index (Phi) is 7.08. The zero-order valence-corrected chi connectivity index (χ0v) is 20.3. The number of anilines is 1. The number of piperidine rings is 1. The molecule has 0 unspecified atom stereocenters. The highest BCUT2D eigenvalue weighted by Crippen LogP contribution is 2.31. The summed E-state index contributed by atoms with van der Waals surface area (Å²) in [4.78, 5) is 11.2. The molecule has 0 bridgehead atoms. The molecule has 4 rings (SSSR count). The fraction of sp³-hybridized carbons (Fsp3) is 0.417. The van der Waals surface area contributed by atoms with E-state index in [1.165, 1.54) is 13.3 Å². The van der Waals surface area contributed by atoms with E-state index in [1.807, 2.05) is 18.2 Å². The molecule has 0 spiro atoms. The predicted molar refractivity (Wildman–Crippen MR) is 133 cm³/mol. The lowest BCUT2D eigenvalue weighted by atomic mass is 10.0. The van der Waals surface area contributed by atoms with Gasteiger partial charge in [-0.2, -0.15) is 0 Å². The Balaban J connectivity index is 1.69. The Morgan fingerprint density at radius 3 is 2.56 bits per heavy atom. The molecule has 182 valence electrons. The molecule has 0 atom stereocenters. The highest BCUT2D eigenvalue weighted by molar-refractivity contribution is 7.90. The summed E-state index contributed by atoms with van der Waals surface area (Å²) in [5.41, 5.74) is 8.45. The average molecular weight is 486 g/mol. The van der Waals surface area contributed by atoms with E-state index in [1.54, 1.807) is 19.5 Å². The molecular formula is C24H31N5O4S. The zero-order valence-electron chi connectivity index (χ0n) is 19.5. The van der Waals surface area contributed by atoms with Crippen LogP contribution < -0.4 is 15.4 Å². The smallest absolute Gasteiger partial charge is 0.235 e. The molecule has 10 heteroatoms. The van der Waals surface area contributed by atoms with Crippen molar-refractivity contribution in [3.05, 3.63) is 60.4 Å². The van der Waals surface area contributed by atoms with E-state index in [2.05, 4.69) is 26.2 Å².